The second-order valence-corrected chi connectivity index (χ2v) is 15.6. The summed E-state index contributed by atoms with van der Waals surface area (Å²) in [7, 11) is 0. The van der Waals surface area contributed by atoms with E-state index >= 15 is 0 Å². The molecule has 0 heterocycles. The van der Waals surface area contributed by atoms with Crippen molar-refractivity contribution < 1.29 is 0 Å². The lowest BCUT2D eigenvalue weighted by Gasteiger charge is -2.37. The van der Waals surface area contributed by atoms with Crippen molar-refractivity contribution in [1.29, 1.82) is 0 Å². The lowest BCUT2D eigenvalue weighted by atomic mass is 9.67. The summed E-state index contributed by atoms with van der Waals surface area (Å²) in [6.07, 6.45) is 8.98. The highest BCUT2D eigenvalue weighted by atomic mass is 15.1. The van der Waals surface area contributed by atoms with E-state index in [1.165, 1.54) is 117 Å². The third-order valence-corrected chi connectivity index (χ3v) is 12.2. The number of hydrogen-bond donors (Lipinski definition) is 0. The average molecular weight is 674 g/mol. The fourth-order valence-corrected chi connectivity index (χ4v) is 9.48. The van der Waals surface area contributed by atoms with Gasteiger partial charge in [0.25, 0.3) is 0 Å². The first-order valence-electron chi connectivity index (χ1n) is 19.3. The molecule has 0 unspecified atom stereocenters. The fourth-order valence-electron chi connectivity index (χ4n) is 9.48. The van der Waals surface area contributed by atoms with Crippen LogP contribution in [0.4, 0.5) is 17.1 Å². The third-order valence-electron chi connectivity index (χ3n) is 12.2. The van der Waals surface area contributed by atoms with Crippen LogP contribution in [-0.2, 0) is 10.8 Å². The standard InChI is InChI=1S/C51H47N/c1-50(2)47-24-16-23-45(38-18-8-6-9-19-38)49(47)46-32-31-44(36-48(46)50)52(43-28-25-37-17-12-13-20-39(37)35-43)42-29-26-41(27-30-42)51(40-21-10-7-11-22-40)33-14-4-3-5-15-34-51/h6-13,16-32,35-36H,3-5,14-15,33-34H2,1-2H3. The van der Waals surface area contributed by atoms with Crippen LogP contribution in [0.5, 0.6) is 0 Å². The molecule has 0 radical (unpaired) electrons. The molecule has 0 amide bonds. The highest BCUT2D eigenvalue weighted by molar-refractivity contribution is 5.95. The van der Waals surface area contributed by atoms with Gasteiger partial charge in [-0.1, -0.05) is 173 Å². The Morgan fingerprint density at radius 1 is 0.423 bits per heavy atom. The molecule has 2 aliphatic carbocycles. The minimum Gasteiger partial charge on any atom is -0.310 e. The van der Waals surface area contributed by atoms with E-state index in [9.17, 15) is 0 Å². The van der Waals surface area contributed by atoms with Gasteiger partial charge < -0.3 is 4.90 Å². The van der Waals surface area contributed by atoms with E-state index in [-0.39, 0.29) is 10.8 Å². The minimum absolute atomic E-state index is 0.0494. The molecule has 0 aliphatic heterocycles. The first-order chi connectivity index (χ1) is 25.5. The summed E-state index contributed by atoms with van der Waals surface area (Å²) in [6.45, 7) is 4.78. The van der Waals surface area contributed by atoms with E-state index in [4.69, 9.17) is 0 Å². The molecule has 256 valence electrons. The first-order valence-corrected chi connectivity index (χ1v) is 19.3. The molecule has 1 fully saturated rings. The van der Waals surface area contributed by atoms with Crippen molar-refractivity contribution in [1.82, 2.24) is 0 Å². The summed E-state index contributed by atoms with van der Waals surface area (Å²) in [6, 6.07) is 61.5. The van der Waals surface area contributed by atoms with Gasteiger partial charge in [-0.05, 0) is 105 Å². The average Bonchev–Trinajstić information content (AvgIpc) is 3.42. The van der Waals surface area contributed by atoms with E-state index in [1.807, 2.05) is 0 Å². The first kappa shape index (κ1) is 32.5. The summed E-state index contributed by atoms with van der Waals surface area (Å²) in [4.78, 5) is 2.47. The third kappa shape index (κ3) is 5.55. The van der Waals surface area contributed by atoms with Crippen molar-refractivity contribution in [3.8, 4) is 22.3 Å². The van der Waals surface area contributed by atoms with Crippen molar-refractivity contribution >= 4 is 27.8 Å². The summed E-state index contributed by atoms with van der Waals surface area (Å²) >= 11 is 0. The van der Waals surface area contributed by atoms with Crippen LogP contribution in [-0.4, -0.2) is 0 Å². The van der Waals surface area contributed by atoms with E-state index in [0.717, 1.165) is 0 Å². The molecule has 0 saturated heterocycles. The Kier molecular flexibility index (Phi) is 8.31. The molecule has 0 aromatic heterocycles. The van der Waals surface area contributed by atoms with E-state index in [2.05, 4.69) is 183 Å². The zero-order valence-corrected chi connectivity index (χ0v) is 30.5. The lowest BCUT2D eigenvalue weighted by Crippen LogP contribution is -2.29. The Bertz CT molecular complexity index is 2340. The number of fused-ring (bicyclic) bond motifs is 4. The predicted octanol–water partition coefficient (Wildman–Crippen LogP) is 14.3. The van der Waals surface area contributed by atoms with Gasteiger partial charge in [0.2, 0.25) is 0 Å². The van der Waals surface area contributed by atoms with Crippen LogP contribution < -0.4 is 4.90 Å². The molecule has 0 atom stereocenters. The van der Waals surface area contributed by atoms with Gasteiger partial charge in [0, 0.05) is 27.9 Å². The topological polar surface area (TPSA) is 3.24 Å². The molecule has 0 spiro atoms. The lowest BCUT2D eigenvalue weighted by molar-refractivity contribution is 0.366. The van der Waals surface area contributed by atoms with Gasteiger partial charge in [-0.25, -0.2) is 0 Å². The fraction of sp³-hybridized carbons (Fsp3) is 0.216. The van der Waals surface area contributed by atoms with Gasteiger partial charge in [0.15, 0.2) is 0 Å². The van der Waals surface area contributed by atoms with E-state index < -0.39 is 0 Å². The molecule has 0 N–H and O–H groups in total. The Hall–Kier alpha value is -5.40. The molecule has 0 bridgehead atoms. The molecule has 52 heavy (non-hydrogen) atoms. The second kappa shape index (κ2) is 13.3. The number of rotatable bonds is 6. The van der Waals surface area contributed by atoms with Crippen LogP contribution in [0.2, 0.25) is 0 Å². The smallest absolute Gasteiger partial charge is 0.0468 e. The largest absolute Gasteiger partial charge is 0.310 e. The number of anilines is 3. The van der Waals surface area contributed by atoms with Crippen molar-refractivity contribution in [3.05, 3.63) is 186 Å². The normalized spacial score (nSPS) is 16.0. The van der Waals surface area contributed by atoms with Crippen molar-refractivity contribution in [2.45, 2.75) is 69.6 Å². The second-order valence-electron chi connectivity index (χ2n) is 15.6. The predicted molar refractivity (Wildman–Crippen MR) is 221 cm³/mol. The van der Waals surface area contributed by atoms with Crippen LogP contribution in [0.1, 0.15) is 81.0 Å². The number of nitrogens with zero attached hydrogens (tertiary/aromatic N) is 1. The SMILES string of the molecule is CC1(C)c2cc(N(c3ccc(C4(c5ccccc5)CCCCCCC4)cc3)c3ccc4ccccc4c3)ccc2-c2c(-c3ccccc3)cccc21. The molecule has 2 aliphatic rings. The summed E-state index contributed by atoms with van der Waals surface area (Å²) in [5.74, 6) is 0. The summed E-state index contributed by atoms with van der Waals surface area (Å²) < 4.78 is 0. The maximum absolute atomic E-state index is 2.47. The zero-order valence-electron chi connectivity index (χ0n) is 30.5. The van der Waals surface area contributed by atoms with E-state index in [0.29, 0.717) is 0 Å². The van der Waals surface area contributed by atoms with Crippen LogP contribution >= 0.6 is 0 Å². The molecule has 1 saturated carbocycles. The van der Waals surface area contributed by atoms with Crippen molar-refractivity contribution in [2.24, 2.45) is 0 Å². The van der Waals surface area contributed by atoms with Crippen LogP contribution in [0, 0.1) is 0 Å². The maximum Gasteiger partial charge on any atom is 0.0468 e. The molecule has 1 nitrogen and oxygen atoms in total. The molecule has 1 heteroatoms. The van der Waals surface area contributed by atoms with Crippen LogP contribution in [0.15, 0.2) is 164 Å². The monoisotopic (exact) mass is 673 g/mol. The maximum atomic E-state index is 2.47. The number of benzene rings is 7. The Balaban J connectivity index is 1.18. The van der Waals surface area contributed by atoms with Crippen molar-refractivity contribution in [3.63, 3.8) is 0 Å². The molecular weight excluding hydrogens is 627 g/mol. The van der Waals surface area contributed by atoms with Gasteiger partial charge >= 0.3 is 0 Å². The molecule has 7 aromatic rings. The van der Waals surface area contributed by atoms with E-state index in [1.54, 1.807) is 0 Å². The highest BCUT2D eigenvalue weighted by Gasteiger charge is 2.38. The van der Waals surface area contributed by atoms with Crippen LogP contribution in [0.3, 0.4) is 0 Å². The van der Waals surface area contributed by atoms with Gasteiger partial charge in [0.1, 0.15) is 0 Å². The minimum atomic E-state index is -0.134. The van der Waals surface area contributed by atoms with Crippen LogP contribution in [0.25, 0.3) is 33.0 Å². The summed E-state index contributed by atoms with van der Waals surface area (Å²) in [5, 5.41) is 2.51. The molecular formula is C51H47N. The van der Waals surface area contributed by atoms with Gasteiger partial charge in [-0.3, -0.25) is 0 Å². The van der Waals surface area contributed by atoms with Gasteiger partial charge in [0.05, 0.1) is 0 Å². The Morgan fingerprint density at radius 3 is 1.77 bits per heavy atom. The van der Waals surface area contributed by atoms with Crippen molar-refractivity contribution in [2.75, 3.05) is 4.90 Å². The zero-order chi connectivity index (χ0) is 35.1. The van der Waals surface area contributed by atoms with Gasteiger partial charge in [-0.2, -0.15) is 0 Å². The summed E-state index contributed by atoms with van der Waals surface area (Å²) in [5.41, 5.74) is 14.4. The molecule has 7 aromatic carbocycles. The van der Waals surface area contributed by atoms with Gasteiger partial charge in [-0.15, -0.1) is 0 Å². The Morgan fingerprint density at radius 2 is 1.02 bits per heavy atom. The quantitative estimate of drug-likeness (QED) is 0.170. The number of hydrogen-bond acceptors (Lipinski definition) is 1. The molecule has 9 rings (SSSR count). The Labute approximate surface area is 309 Å². The highest BCUT2D eigenvalue weighted by Crippen LogP contribution is 2.54.